The minimum Gasteiger partial charge on any atom is -0.491 e. The second-order valence-electron chi connectivity index (χ2n) is 3.98. The number of hydrogen-bond acceptors (Lipinski definition) is 3. The molecule has 18 heavy (non-hydrogen) atoms. The number of rotatable bonds is 5. The van der Waals surface area contributed by atoms with Gasteiger partial charge in [0.15, 0.2) is 0 Å². The van der Waals surface area contributed by atoms with E-state index in [0.29, 0.717) is 25.3 Å². The zero-order valence-electron chi connectivity index (χ0n) is 10.4. The highest BCUT2D eigenvalue weighted by Crippen LogP contribution is 2.34. The van der Waals surface area contributed by atoms with E-state index in [1.54, 1.807) is 19.0 Å². The van der Waals surface area contributed by atoms with Crippen LogP contribution in [0.2, 0.25) is 0 Å². The molecule has 2 N–H and O–H groups in total. The van der Waals surface area contributed by atoms with Crippen molar-refractivity contribution in [1.29, 1.82) is 0 Å². The fraction of sp³-hybridized carbons (Fsp3) is 0.417. The number of halogens is 2. The molecule has 0 fully saturated rings. The van der Waals surface area contributed by atoms with Crippen LogP contribution in [0.1, 0.15) is 12.0 Å². The third-order valence-electron chi connectivity index (χ3n) is 2.35. The molecule has 1 aromatic rings. The van der Waals surface area contributed by atoms with Crippen LogP contribution >= 0.6 is 31.9 Å². The Kier molecular flexibility index (Phi) is 6.11. The number of hydrogen-bond donors (Lipinski definition) is 1. The molecule has 0 saturated carbocycles. The standard InChI is InChI=1S/C12H16Br2N2O2/c1-16(2)11(17)3-4-18-12-9(13)5-8(7-15)6-10(12)14/h5-6H,3-4,7,15H2,1-2H3. The number of nitrogens with zero attached hydrogens (tertiary/aromatic N) is 1. The van der Waals surface area contributed by atoms with Gasteiger partial charge in [-0.05, 0) is 49.6 Å². The van der Waals surface area contributed by atoms with Gasteiger partial charge in [0.05, 0.1) is 22.0 Å². The molecule has 1 amide bonds. The average Bonchev–Trinajstić information content (AvgIpc) is 2.31. The Morgan fingerprint density at radius 1 is 1.33 bits per heavy atom. The van der Waals surface area contributed by atoms with Crippen LogP contribution in [0.3, 0.4) is 0 Å². The molecule has 1 rings (SSSR count). The Balaban J connectivity index is 2.65. The molecule has 0 radical (unpaired) electrons. The van der Waals surface area contributed by atoms with Crippen LogP contribution in [-0.4, -0.2) is 31.5 Å². The van der Waals surface area contributed by atoms with Gasteiger partial charge in [0.25, 0.3) is 0 Å². The van der Waals surface area contributed by atoms with E-state index in [2.05, 4.69) is 31.9 Å². The first-order valence-corrected chi connectivity index (χ1v) is 7.05. The van der Waals surface area contributed by atoms with Gasteiger partial charge in [0, 0.05) is 20.6 Å². The molecule has 0 atom stereocenters. The molecule has 4 nitrogen and oxygen atoms in total. The average molecular weight is 380 g/mol. The van der Waals surface area contributed by atoms with Crippen molar-refractivity contribution in [3.05, 3.63) is 26.6 Å². The highest BCUT2D eigenvalue weighted by molar-refractivity contribution is 9.11. The highest BCUT2D eigenvalue weighted by Gasteiger charge is 2.10. The van der Waals surface area contributed by atoms with E-state index in [0.717, 1.165) is 14.5 Å². The Morgan fingerprint density at radius 2 is 1.89 bits per heavy atom. The summed E-state index contributed by atoms with van der Waals surface area (Å²) in [6.45, 7) is 0.812. The molecule has 0 spiro atoms. The van der Waals surface area contributed by atoms with Crippen molar-refractivity contribution >= 4 is 37.8 Å². The number of benzene rings is 1. The Labute approximate surface area is 124 Å². The molecule has 0 aliphatic carbocycles. The summed E-state index contributed by atoms with van der Waals surface area (Å²) in [4.78, 5) is 13.0. The van der Waals surface area contributed by atoms with Gasteiger partial charge >= 0.3 is 0 Å². The summed E-state index contributed by atoms with van der Waals surface area (Å²) in [6.07, 6.45) is 0.352. The largest absolute Gasteiger partial charge is 0.491 e. The van der Waals surface area contributed by atoms with Crippen LogP contribution < -0.4 is 10.5 Å². The molecule has 1 aromatic carbocycles. The number of amides is 1. The molecule has 0 aliphatic heterocycles. The first-order valence-electron chi connectivity index (χ1n) is 5.46. The zero-order chi connectivity index (χ0) is 13.7. The quantitative estimate of drug-likeness (QED) is 0.855. The van der Waals surface area contributed by atoms with Gasteiger partial charge in [0.2, 0.25) is 5.91 Å². The third-order valence-corrected chi connectivity index (χ3v) is 3.53. The van der Waals surface area contributed by atoms with Gasteiger partial charge in [0.1, 0.15) is 5.75 Å². The molecule has 0 unspecified atom stereocenters. The van der Waals surface area contributed by atoms with Crippen molar-refractivity contribution in [1.82, 2.24) is 4.90 Å². The van der Waals surface area contributed by atoms with E-state index in [1.807, 2.05) is 12.1 Å². The Hall–Kier alpha value is -0.590. The van der Waals surface area contributed by atoms with Gasteiger partial charge in [-0.3, -0.25) is 4.79 Å². The first kappa shape index (κ1) is 15.5. The zero-order valence-corrected chi connectivity index (χ0v) is 13.5. The molecule has 100 valence electrons. The molecule has 0 bridgehead atoms. The minimum absolute atomic E-state index is 0.0424. The van der Waals surface area contributed by atoms with E-state index in [4.69, 9.17) is 10.5 Å². The van der Waals surface area contributed by atoms with E-state index in [9.17, 15) is 4.79 Å². The smallest absolute Gasteiger partial charge is 0.225 e. The summed E-state index contributed by atoms with van der Waals surface area (Å²) >= 11 is 6.86. The monoisotopic (exact) mass is 378 g/mol. The second-order valence-corrected chi connectivity index (χ2v) is 5.69. The normalized spacial score (nSPS) is 10.3. The van der Waals surface area contributed by atoms with Crippen molar-refractivity contribution < 1.29 is 9.53 Å². The third kappa shape index (κ3) is 4.26. The SMILES string of the molecule is CN(C)C(=O)CCOc1c(Br)cc(CN)cc1Br. The number of carbonyl (C=O) groups excluding carboxylic acids is 1. The van der Waals surface area contributed by atoms with Crippen LogP contribution in [0.4, 0.5) is 0 Å². The molecule has 0 aromatic heterocycles. The summed E-state index contributed by atoms with van der Waals surface area (Å²) in [7, 11) is 3.45. The molecular formula is C12H16Br2N2O2. The topological polar surface area (TPSA) is 55.6 Å². The Morgan fingerprint density at radius 3 is 2.33 bits per heavy atom. The predicted octanol–water partition coefficient (Wildman–Crippen LogP) is 2.53. The lowest BCUT2D eigenvalue weighted by Crippen LogP contribution is -2.23. The lowest BCUT2D eigenvalue weighted by atomic mass is 10.2. The van der Waals surface area contributed by atoms with Crippen molar-refractivity contribution in [3.8, 4) is 5.75 Å². The summed E-state index contributed by atoms with van der Waals surface area (Å²) in [5.41, 5.74) is 6.58. The predicted molar refractivity (Wildman–Crippen MR) is 78.5 cm³/mol. The summed E-state index contributed by atoms with van der Waals surface area (Å²) in [6, 6.07) is 3.82. The second kappa shape index (κ2) is 7.11. The molecule has 0 saturated heterocycles. The maximum Gasteiger partial charge on any atom is 0.225 e. The summed E-state index contributed by atoms with van der Waals surface area (Å²) < 4.78 is 7.26. The maximum absolute atomic E-state index is 11.4. The van der Waals surface area contributed by atoms with Gasteiger partial charge in [-0.15, -0.1) is 0 Å². The van der Waals surface area contributed by atoms with E-state index in [1.165, 1.54) is 0 Å². The molecule has 0 heterocycles. The molecule has 0 aliphatic rings. The Bertz CT molecular complexity index is 413. The maximum atomic E-state index is 11.4. The summed E-state index contributed by atoms with van der Waals surface area (Å²) in [5.74, 6) is 0.736. The number of carbonyl (C=O) groups is 1. The minimum atomic E-state index is 0.0424. The van der Waals surface area contributed by atoms with Gasteiger partial charge in [-0.1, -0.05) is 0 Å². The fourth-order valence-corrected chi connectivity index (χ4v) is 2.84. The van der Waals surface area contributed by atoms with Crippen molar-refractivity contribution in [2.45, 2.75) is 13.0 Å². The lowest BCUT2D eigenvalue weighted by Gasteiger charge is -2.13. The highest BCUT2D eigenvalue weighted by atomic mass is 79.9. The van der Waals surface area contributed by atoms with Crippen molar-refractivity contribution in [2.24, 2.45) is 5.73 Å². The van der Waals surface area contributed by atoms with Crippen LogP contribution in [0, 0.1) is 0 Å². The van der Waals surface area contributed by atoms with Crippen LogP contribution in [0.5, 0.6) is 5.75 Å². The van der Waals surface area contributed by atoms with E-state index in [-0.39, 0.29) is 5.91 Å². The van der Waals surface area contributed by atoms with Crippen LogP contribution in [0.25, 0.3) is 0 Å². The fourth-order valence-electron chi connectivity index (χ4n) is 1.33. The van der Waals surface area contributed by atoms with Crippen molar-refractivity contribution in [3.63, 3.8) is 0 Å². The van der Waals surface area contributed by atoms with Gasteiger partial charge in [-0.25, -0.2) is 0 Å². The van der Waals surface area contributed by atoms with E-state index < -0.39 is 0 Å². The molecule has 6 heteroatoms. The van der Waals surface area contributed by atoms with Crippen LogP contribution in [-0.2, 0) is 11.3 Å². The summed E-state index contributed by atoms with van der Waals surface area (Å²) in [5, 5.41) is 0. The van der Waals surface area contributed by atoms with Gasteiger partial charge in [-0.2, -0.15) is 0 Å². The van der Waals surface area contributed by atoms with Gasteiger partial charge < -0.3 is 15.4 Å². The first-order chi connectivity index (χ1) is 8.45. The van der Waals surface area contributed by atoms with Crippen molar-refractivity contribution in [2.75, 3.05) is 20.7 Å². The number of ether oxygens (including phenoxy) is 1. The number of nitrogens with two attached hydrogens (primary N) is 1. The lowest BCUT2D eigenvalue weighted by molar-refractivity contribution is -0.129. The van der Waals surface area contributed by atoms with Crippen LogP contribution in [0.15, 0.2) is 21.1 Å². The van der Waals surface area contributed by atoms with E-state index >= 15 is 0 Å². The molecular weight excluding hydrogens is 364 g/mol.